The van der Waals surface area contributed by atoms with Crippen LogP contribution in [0.3, 0.4) is 0 Å². The van der Waals surface area contributed by atoms with Gasteiger partial charge >= 0.3 is 0 Å². The smallest absolute Gasteiger partial charge is 0.0572 e. The van der Waals surface area contributed by atoms with Crippen LogP contribution in [0.5, 0.6) is 0 Å². The molecule has 0 saturated carbocycles. The Hall–Kier alpha value is -0.900. The van der Waals surface area contributed by atoms with Crippen molar-refractivity contribution in [3.8, 4) is 0 Å². The van der Waals surface area contributed by atoms with E-state index in [2.05, 4.69) is 42.3 Å². The van der Waals surface area contributed by atoms with Gasteiger partial charge < -0.3 is 11.1 Å². The van der Waals surface area contributed by atoms with Crippen LogP contribution in [-0.2, 0) is 6.42 Å². The summed E-state index contributed by atoms with van der Waals surface area (Å²) in [5.41, 5.74) is 10.5. The quantitative estimate of drug-likeness (QED) is 0.849. The van der Waals surface area contributed by atoms with Crippen molar-refractivity contribution in [3.05, 3.63) is 34.9 Å². The number of nitrogens with two attached hydrogens (primary N) is 1. The van der Waals surface area contributed by atoms with E-state index in [1.165, 1.54) is 23.1 Å². The minimum Gasteiger partial charge on any atom is -0.316 e. The highest BCUT2D eigenvalue weighted by atomic mass is 15.3. The molecule has 1 aliphatic rings. The molecule has 1 aromatic rings. The average Bonchev–Trinajstić information content (AvgIpc) is 2.42. The predicted molar refractivity (Wildman–Crippen MR) is 81.3 cm³/mol. The van der Waals surface area contributed by atoms with Crippen molar-refractivity contribution in [2.24, 2.45) is 5.73 Å². The first-order chi connectivity index (χ1) is 9.16. The number of hydrogen-bond donors (Lipinski definition) is 2. The fourth-order valence-electron chi connectivity index (χ4n) is 2.82. The molecule has 3 nitrogen and oxygen atoms in total. The van der Waals surface area contributed by atoms with Crippen LogP contribution in [0, 0.1) is 13.8 Å². The minimum absolute atomic E-state index is 0.229. The molecule has 0 spiro atoms. The first-order valence-electron chi connectivity index (χ1n) is 7.43. The zero-order valence-electron chi connectivity index (χ0n) is 12.3. The normalized spacial score (nSPS) is 18.5. The maximum Gasteiger partial charge on any atom is 0.0572 e. The van der Waals surface area contributed by atoms with Crippen LogP contribution < -0.4 is 11.1 Å². The lowest BCUT2D eigenvalue weighted by Gasteiger charge is -2.32. The summed E-state index contributed by atoms with van der Waals surface area (Å²) in [7, 11) is 0. The molecule has 0 radical (unpaired) electrons. The Bertz CT molecular complexity index is 397. The summed E-state index contributed by atoms with van der Waals surface area (Å²) in [6.45, 7) is 8.68. The Morgan fingerprint density at radius 1 is 1.26 bits per heavy atom. The van der Waals surface area contributed by atoms with E-state index in [0.29, 0.717) is 0 Å². The molecule has 1 aromatic carbocycles. The van der Waals surface area contributed by atoms with Crippen molar-refractivity contribution in [1.82, 2.24) is 10.2 Å². The molecule has 1 heterocycles. The molecule has 0 aromatic heterocycles. The van der Waals surface area contributed by atoms with E-state index in [0.717, 1.165) is 39.0 Å². The molecule has 1 aliphatic heterocycles. The molecular weight excluding hydrogens is 234 g/mol. The van der Waals surface area contributed by atoms with Gasteiger partial charge in [0.15, 0.2) is 0 Å². The Kier molecular flexibility index (Phi) is 5.37. The van der Waals surface area contributed by atoms with Gasteiger partial charge in [-0.15, -0.1) is 0 Å². The first kappa shape index (κ1) is 14.5. The van der Waals surface area contributed by atoms with Crippen molar-refractivity contribution < 1.29 is 0 Å². The Balaban J connectivity index is 1.76. The zero-order valence-corrected chi connectivity index (χ0v) is 12.3. The molecule has 106 valence electrons. The van der Waals surface area contributed by atoms with Crippen molar-refractivity contribution in [1.29, 1.82) is 0 Å². The number of piperazine rings is 1. The van der Waals surface area contributed by atoms with E-state index >= 15 is 0 Å². The van der Waals surface area contributed by atoms with Gasteiger partial charge in [0.2, 0.25) is 0 Å². The van der Waals surface area contributed by atoms with Gasteiger partial charge in [-0.25, -0.2) is 0 Å². The van der Waals surface area contributed by atoms with Gasteiger partial charge in [0, 0.05) is 26.2 Å². The lowest BCUT2D eigenvalue weighted by molar-refractivity contribution is 0.166. The largest absolute Gasteiger partial charge is 0.316 e. The number of rotatable bonds is 5. The van der Waals surface area contributed by atoms with Gasteiger partial charge in [-0.3, -0.25) is 4.90 Å². The highest BCUT2D eigenvalue weighted by Gasteiger charge is 2.16. The van der Waals surface area contributed by atoms with Crippen molar-refractivity contribution >= 4 is 0 Å². The van der Waals surface area contributed by atoms with Crippen molar-refractivity contribution in [2.75, 3.05) is 26.2 Å². The van der Waals surface area contributed by atoms with Crippen molar-refractivity contribution in [2.45, 2.75) is 39.3 Å². The van der Waals surface area contributed by atoms with E-state index in [1.54, 1.807) is 0 Å². The highest BCUT2D eigenvalue weighted by molar-refractivity contribution is 5.30. The number of nitrogens with zero attached hydrogens (tertiary/aromatic N) is 1. The number of aryl methyl sites for hydroxylation is 3. The molecule has 3 heteroatoms. The van der Waals surface area contributed by atoms with Gasteiger partial charge in [0.1, 0.15) is 0 Å². The van der Waals surface area contributed by atoms with Gasteiger partial charge in [-0.2, -0.15) is 0 Å². The maximum atomic E-state index is 6.27. The zero-order chi connectivity index (χ0) is 13.7. The Labute approximate surface area is 117 Å². The Morgan fingerprint density at radius 2 is 2.00 bits per heavy atom. The topological polar surface area (TPSA) is 41.3 Å². The second kappa shape index (κ2) is 7.04. The minimum atomic E-state index is 0.229. The number of hydrogen-bond acceptors (Lipinski definition) is 3. The average molecular weight is 261 g/mol. The molecule has 2 rings (SSSR count). The summed E-state index contributed by atoms with van der Waals surface area (Å²) >= 11 is 0. The first-order valence-corrected chi connectivity index (χ1v) is 7.43. The van der Waals surface area contributed by atoms with Gasteiger partial charge in [0.05, 0.1) is 6.17 Å². The molecule has 0 bridgehead atoms. The SMILES string of the molecule is Cc1ccc(CCCC(N)N2CCNCC2)c(C)c1. The van der Waals surface area contributed by atoms with E-state index < -0.39 is 0 Å². The van der Waals surface area contributed by atoms with E-state index in [9.17, 15) is 0 Å². The van der Waals surface area contributed by atoms with Crippen molar-refractivity contribution in [3.63, 3.8) is 0 Å². The lowest BCUT2D eigenvalue weighted by atomic mass is 10.0. The van der Waals surface area contributed by atoms with E-state index in [4.69, 9.17) is 5.73 Å². The highest BCUT2D eigenvalue weighted by Crippen LogP contribution is 2.14. The molecular formula is C16H27N3. The monoisotopic (exact) mass is 261 g/mol. The summed E-state index contributed by atoms with van der Waals surface area (Å²) in [4.78, 5) is 2.40. The molecule has 1 saturated heterocycles. The Morgan fingerprint density at radius 3 is 2.68 bits per heavy atom. The molecule has 1 atom stereocenters. The predicted octanol–water partition coefficient (Wildman–Crippen LogP) is 1.82. The number of benzene rings is 1. The summed E-state index contributed by atoms with van der Waals surface area (Å²) in [5, 5.41) is 3.37. The van der Waals surface area contributed by atoms with Crippen LogP contribution >= 0.6 is 0 Å². The van der Waals surface area contributed by atoms with Gasteiger partial charge in [-0.05, 0) is 44.2 Å². The second-order valence-corrected chi connectivity index (χ2v) is 5.68. The van der Waals surface area contributed by atoms with Crippen LogP contribution in [0.4, 0.5) is 0 Å². The third kappa shape index (κ3) is 4.30. The second-order valence-electron chi connectivity index (χ2n) is 5.68. The fourth-order valence-corrected chi connectivity index (χ4v) is 2.82. The molecule has 0 amide bonds. The maximum absolute atomic E-state index is 6.27. The molecule has 19 heavy (non-hydrogen) atoms. The van der Waals surface area contributed by atoms with Crippen LogP contribution in [0.1, 0.15) is 29.5 Å². The summed E-state index contributed by atoms with van der Waals surface area (Å²) < 4.78 is 0. The van der Waals surface area contributed by atoms with E-state index in [-0.39, 0.29) is 6.17 Å². The van der Waals surface area contributed by atoms with E-state index in [1.807, 2.05) is 0 Å². The van der Waals surface area contributed by atoms with Crippen LogP contribution in [0.25, 0.3) is 0 Å². The third-order valence-electron chi connectivity index (χ3n) is 4.06. The summed E-state index contributed by atoms with van der Waals surface area (Å²) in [5.74, 6) is 0. The summed E-state index contributed by atoms with van der Waals surface area (Å²) in [6.07, 6.45) is 3.64. The molecule has 0 aliphatic carbocycles. The summed E-state index contributed by atoms with van der Waals surface area (Å²) in [6, 6.07) is 6.74. The van der Waals surface area contributed by atoms with Crippen LogP contribution in [-0.4, -0.2) is 37.2 Å². The van der Waals surface area contributed by atoms with Crippen LogP contribution in [0.15, 0.2) is 18.2 Å². The fraction of sp³-hybridized carbons (Fsp3) is 0.625. The molecule has 1 fully saturated rings. The molecule has 3 N–H and O–H groups in total. The van der Waals surface area contributed by atoms with Gasteiger partial charge in [-0.1, -0.05) is 23.8 Å². The standard InChI is InChI=1S/C16H27N3/c1-13-6-7-15(14(2)12-13)4-3-5-16(17)19-10-8-18-9-11-19/h6-7,12,16,18H,3-5,8-11,17H2,1-2H3. The van der Waals surface area contributed by atoms with Crippen LogP contribution in [0.2, 0.25) is 0 Å². The lowest BCUT2D eigenvalue weighted by Crippen LogP contribution is -2.51. The molecule has 1 unspecified atom stereocenters. The number of nitrogens with one attached hydrogen (secondary N) is 1. The van der Waals surface area contributed by atoms with Gasteiger partial charge in [0.25, 0.3) is 0 Å². The third-order valence-corrected chi connectivity index (χ3v) is 4.06.